The average molecular weight is 395 g/mol. The molecule has 1 heterocycles. The van der Waals surface area contributed by atoms with Crippen LogP contribution in [0.25, 0.3) is 5.70 Å². The van der Waals surface area contributed by atoms with Gasteiger partial charge in [0.1, 0.15) is 11.5 Å². The van der Waals surface area contributed by atoms with E-state index < -0.39 is 16.6 Å². The van der Waals surface area contributed by atoms with E-state index in [0.29, 0.717) is 0 Å². The molecule has 0 aliphatic carbocycles. The molecule has 0 unspecified atom stereocenters. The van der Waals surface area contributed by atoms with E-state index in [2.05, 4.69) is 22.5 Å². The number of hydrazine groups is 1. The van der Waals surface area contributed by atoms with Gasteiger partial charge in [-0.1, -0.05) is 36.9 Å². The Bertz CT molecular complexity index is 1080. The number of benzene rings is 2. The Balaban J connectivity index is 1.77. The Morgan fingerprint density at radius 2 is 1.86 bits per heavy atom. The van der Waals surface area contributed by atoms with E-state index in [-0.39, 0.29) is 35.0 Å². The Hall–Kier alpha value is -4.34. The Morgan fingerprint density at radius 3 is 2.52 bits per heavy atom. The summed E-state index contributed by atoms with van der Waals surface area (Å²) in [5.74, 6) is -1.50. The highest BCUT2D eigenvalue weighted by atomic mass is 16.6. The molecule has 0 aliphatic heterocycles. The van der Waals surface area contributed by atoms with Crippen molar-refractivity contribution >= 4 is 17.4 Å². The number of carbonyl (C=O) groups is 1. The predicted molar refractivity (Wildman–Crippen MR) is 104 cm³/mol. The molecular weight excluding hydrogens is 378 g/mol. The SMILES string of the molecule is C=C(NNC(=O)c1cc([N+](=O)[O-])nn1Cc1ccccc1)c1ccc(O)cc1O. The fraction of sp³-hybridized carbons (Fsp3) is 0.0526. The van der Waals surface area contributed by atoms with Crippen molar-refractivity contribution in [3.8, 4) is 11.5 Å². The maximum atomic E-state index is 12.6. The summed E-state index contributed by atoms with van der Waals surface area (Å²) in [6.07, 6.45) is 0. The molecule has 0 atom stereocenters. The summed E-state index contributed by atoms with van der Waals surface area (Å²) >= 11 is 0. The fourth-order valence-corrected chi connectivity index (χ4v) is 2.59. The molecule has 3 aromatic rings. The van der Waals surface area contributed by atoms with Crippen LogP contribution in [0.1, 0.15) is 21.6 Å². The second-order valence-corrected chi connectivity index (χ2v) is 6.05. The van der Waals surface area contributed by atoms with Crippen molar-refractivity contribution in [3.05, 3.63) is 88.1 Å². The first-order chi connectivity index (χ1) is 13.8. The Morgan fingerprint density at radius 1 is 1.14 bits per heavy atom. The van der Waals surface area contributed by atoms with Crippen LogP contribution >= 0.6 is 0 Å². The van der Waals surface area contributed by atoms with Gasteiger partial charge in [0.2, 0.25) is 0 Å². The minimum Gasteiger partial charge on any atom is -0.508 e. The van der Waals surface area contributed by atoms with Gasteiger partial charge in [0, 0.05) is 11.6 Å². The molecular formula is C19H17N5O5. The Kier molecular flexibility index (Phi) is 5.44. The number of nitro groups is 1. The van der Waals surface area contributed by atoms with E-state index in [0.717, 1.165) is 17.7 Å². The largest absolute Gasteiger partial charge is 0.508 e. The highest BCUT2D eigenvalue weighted by Crippen LogP contribution is 2.26. The number of phenols is 2. The zero-order valence-electron chi connectivity index (χ0n) is 15.1. The van der Waals surface area contributed by atoms with Crippen LogP contribution in [-0.4, -0.2) is 30.8 Å². The third-order valence-corrected chi connectivity index (χ3v) is 4.00. The van der Waals surface area contributed by atoms with Crippen LogP contribution in [0.4, 0.5) is 5.82 Å². The van der Waals surface area contributed by atoms with Crippen LogP contribution in [0.3, 0.4) is 0 Å². The van der Waals surface area contributed by atoms with Crippen molar-refractivity contribution in [2.45, 2.75) is 6.54 Å². The first-order valence-corrected chi connectivity index (χ1v) is 8.39. The van der Waals surface area contributed by atoms with Crippen LogP contribution in [0.15, 0.2) is 61.2 Å². The number of nitrogens with one attached hydrogen (secondary N) is 2. The fourth-order valence-electron chi connectivity index (χ4n) is 2.59. The van der Waals surface area contributed by atoms with Gasteiger partial charge in [-0.25, -0.2) is 0 Å². The van der Waals surface area contributed by atoms with E-state index in [4.69, 9.17) is 0 Å². The normalized spacial score (nSPS) is 10.3. The molecule has 1 aromatic heterocycles. The standard InChI is InChI=1S/C19H17N5O5/c1-12(15-8-7-14(25)9-17(15)26)20-21-19(27)16-10-18(24(28)29)22-23(16)11-13-5-3-2-4-6-13/h2-10,20,25-26H,1,11H2,(H,21,27). The second-order valence-electron chi connectivity index (χ2n) is 6.05. The summed E-state index contributed by atoms with van der Waals surface area (Å²) in [5, 5.41) is 34.1. The van der Waals surface area contributed by atoms with Crippen molar-refractivity contribution in [1.82, 2.24) is 20.6 Å². The maximum Gasteiger partial charge on any atom is 0.390 e. The van der Waals surface area contributed by atoms with Crippen LogP contribution in [0.2, 0.25) is 0 Å². The quantitative estimate of drug-likeness (QED) is 0.355. The molecule has 0 fully saturated rings. The summed E-state index contributed by atoms with van der Waals surface area (Å²) in [5.41, 5.74) is 6.10. The van der Waals surface area contributed by atoms with Crippen molar-refractivity contribution in [2.75, 3.05) is 0 Å². The lowest BCUT2D eigenvalue weighted by Crippen LogP contribution is -2.37. The first-order valence-electron chi connectivity index (χ1n) is 8.39. The molecule has 10 heteroatoms. The van der Waals surface area contributed by atoms with Gasteiger partial charge in [-0.05, 0) is 22.6 Å². The lowest BCUT2D eigenvalue weighted by atomic mass is 10.1. The molecule has 0 aliphatic rings. The number of nitrogens with zero attached hydrogens (tertiary/aromatic N) is 3. The summed E-state index contributed by atoms with van der Waals surface area (Å²) in [6.45, 7) is 3.87. The number of aromatic hydroxyl groups is 2. The van der Waals surface area contributed by atoms with Gasteiger partial charge in [-0.3, -0.25) is 15.6 Å². The average Bonchev–Trinajstić information content (AvgIpc) is 3.11. The molecule has 0 spiro atoms. The minimum absolute atomic E-state index is 0.0317. The first kappa shape index (κ1) is 19.4. The van der Waals surface area contributed by atoms with Gasteiger partial charge in [-0.15, -0.1) is 0 Å². The van der Waals surface area contributed by atoms with E-state index in [1.807, 2.05) is 30.3 Å². The number of aromatic nitrogens is 2. The van der Waals surface area contributed by atoms with Crippen molar-refractivity contribution in [2.24, 2.45) is 0 Å². The second kappa shape index (κ2) is 8.13. The third-order valence-electron chi connectivity index (χ3n) is 4.00. The van der Waals surface area contributed by atoms with Crippen LogP contribution in [-0.2, 0) is 6.54 Å². The number of carbonyl (C=O) groups excluding carboxylic acids is 1. The zero-order chi connectivity index (χ0) is 21.0. The molecule has 0 saturated heterocycles. The van der Waals surface area contributed by atoms with Crippen molar-refractivity contribution < 1.29 is 19.9 Å². The number of hydrogen-bond donors (Lipinski definition) is 4. The van der Waals surface area contributed by atoms with E-state index in [1.165, 1.54) is 16.8 Å². The van der Waals surface area contributed by atoms with E-state index >= 15 is 0 Å². The summed E-state index contributed by atoms with van der Waals surface area (Å²) < 4.78 is 1.23. The van der Waals surface area contributed by atoms with Gasteiger partial charge in [0.25, 0.3) is 5.91 Å². The number of phenolic OH excluding ortho intramolecular Hbond substituents is 2. The molecule has 0 radical (unpaired) electrons. The minimum atomic E-state index is -0.681. The third kappa shape index (κ3) is 4.50. The molecule has 2 aromatic carbocycles. The maximum absolute atomic E-state index is 12.6. The van der Waals surface area contributed by atoms with E-state index in [9.17, 15) is 25.1 Å². The molecule has 0 saturated carbocycles. The van der Waals surface area contributed by atoms with Crippen molar-refractivity contribution in [3.63, 3.8) is 0 Å². The molecule has 4 N–H and O–H groups in total. The smallest absolute Gasteiger partial charge is 0.390 e. The zero-order valence-corrected chi connectivity index (χ0v) is 15.1. The summed E-state index contributed by atoms with van der Waals surface area (Å²) in [7, 11) is 0. The molecule has 10 nitrogen and oxygen atoms in total. The molecule has 148 valence electrons. The predicted octanol–water partition coefficient (Wildman–Crippen LogP) is 2.16. The molecule has 1 amide bonds. The lowest BCUT2D eigenvalue weighted by Gasteiger charge is -2.12. The van der Waals surface area contributed by atoms with Crippen molar-refractivity contribution in [1.29, 1.82) is 0 Å². The van der Waals surface area contributed by atoms with Crippen LogP contribution in [0.5, 0.6) is 11.5 Å². The van der Waals surface area contributed by atoms with Gasteiger partial charge < -0.3 is 20.3 Å². The van der Waals surface area contributed by atoms with Crippen LogP contribution < -0.4 is 10.9 Å². The van der Waals surface area contributed by atoms with E-state index in [1.54, 1.807) is 0 Å². The monoisotopic (exact) mass is 395 g/mol. The molecule has 0 bridgehead atoms. The highest BCUT2D eigenvalue weighted by molar-refractivity contribution is 5.93. The topological polar surface area (TPSA) is 143 Å². The molecule has 29 heavy (non-hydrogen) atoms. The number of amides is 1. The van der Waals surface area contributed by atoms with Gasteiger partial charge >= 0.3 is 5.82 Å². The Labute approximate surface area is 164 Å². The highest BCUT2D eigenvalue weighted by Gasteiger charge is 2.23. The number of hydrogen-bond acceptors (Lipinski definition) is 7. The summed E-state index contributed by atoms with van der Waals surface area (Å²) in [6, 6.07) is 14.0. The van der Waals surface area contributed by atoms with Crippen LogP contribution in [0, 0.1) is 10.1 Å². The van der Waals surface area contributed by atoms with Gasteiger partial charge in [0.15, 0.2) is 5.69 Å². The van der Waals surface area contributed by atoms with Gasteiger partial charge in [-0.2, -0.15) is 4.68 Å². The number of rotatable bonds is 7. The van der Waals surface area contributed by atoms with Gasteiger partial charge in [0.05, 0.1) is 23.4 Å². The molecule has 3 rings (SSSR count). The lowest BCUT2D eigenvalue weighted by molar-refractivity contribution is -0.389. The summed E-state index contributed by atoms with van der Waals surface area (Å²) in [4.78, 5) is 23.0.